The molecule has 1 aromatic carbocycles. The van der Waals surface area contributed by atoms with Crippen LogP contribution in [0.15, 0.2) is 30.5 Å². The SMILES string of the molecule is NCCc1cnc(N)c2nc(Nc3cccc(C(F)(F)F)c3)nn12. The van der Waals surface area contributed by atoms with E-state index in [9.17, 15) is 13.2 Å². The fraction of sp³-hybridized carbons (Fsp3) is 0.214. The summed E-state index contributed by atoms with van der Waals surface area (Å²) in [6, 6.07) is 4.76. The fourth-order valence-electron chi connectivity index (χ4n) is 2.21. The Morgan fingerprint density at radius 2 is 2.04 bits per heavy atom. The van der Waals surface area contributed by atoms with E-state index in [1.807, 2.05) is 0 Å². The van der Waals surface area contributed by atoms with Crippen molar-refractivity contribution >= 4 is 23.1 Å². The third kappa shape index (κ3) is 3.08. The van der Waals surface area contributed by atoms with E-state index in [2.05, 4.69) is 20.4 Å². The van der Waals surface area contributed by atoms with Crippen molar-refractivity contribution in [3.8, 4) is 0 Å². The highest BCUT2D eigenvalue weighted by Crippen LogP contribution is 2.31. The van der Waals surface area contributed by atoms with Crippen LogP contribution in [0.5, 0.6) is 0 Å². The largest absolute Gasteiger partial charge is 0.416 e. The average Bonchev–Trinajstić information content (AvgIpc) is 2.94. The molecule has 0 atom stereocenters. The van der Waals surface area contributed by atoms with Crippen molar-refractivity contribution < 1.29 is 13.2 Å². The highest BCUT2D eigenvalue weighted by Gasteiger charge is 2.30. The maximum atomic E-state index is 12.8. The van der Waals surface area contributed by atoms with Crippen LogP contribution in [0.4, 0.5) is 30.6 Å². The van der Waals surface area contributed by atoms with Crippen molar-refractivity contribution in [1.82, 2.24) is 19.6 Å². The standard InChI is InChI=1S/C14H14F3N7/c15-14(16,17)8-2-1-3-9(6-8)21-13-22-12-11(19)20-7-10(4-5-18)24(12)23-13/h1-3,6-7H,4-5,18H2,(H2,19,20)(H,21,23). The summed E-state index contributed by atoms with van der Waals surface area (Å²) in [4.78, 5) is 8.19. The molecule has 0 saturated heterocycles. The number of nitrogens with two attached hydrogens (primary N) is 2. The normalized spacial score (nSPS) is 11.8. The van der Waals surface area contributed by atoms with Gasteiger partial charge in [-0.15, -0.1) is 5.10 Å². The van der Waals surface area contributed by atoms with Gasteiger partial charge in [0.1, 0.15) is 0 Å². The number of fused-ring (bicyclic) bond motifs is 1. The lowest BCUT2D eigenvalue weighted by atomic mass is 10.2. The van der Waals surface area contributed by atoms with Crippen LogP contribution >= 0.6 is 0 Å². The van der Waals surface area contributed by atoms with E-state index in [-0.39, 0.29) is 17.5 Å². The number of halogens is 3. The lowest BCUT2D eigenvalue weighted by Gasteiger charge is -2.08. The molecular formula is C14H14F3N7. The van der Waals surface area contributed by atoms with Gasteiger partial charge >= 0.3 is 6.18 Å². The predicted molar refractivity (Wildman–Crippen MR) is 82.7 cm³/mol. The first-order valence-electron chi connectivity index (χ1n) is 7.03. The van der Waals surface area contributed by atoms with E-state index in [1.165, 1.54) is 22.8 Å². The number of alkyl halides is 3. The Balaban J connectivity index is 1.96. The summed E-state index contributed by atoms with van der Waals surface area (Å²) in [5.41, 5.74) is 11.8. The molecule has 126 valence electrons. The zero-order valence-corrected chi connectivity index (χ0v) is 12.4. The average molecular weight is 337 g/mol. The summed E-state index contributed by atoms with van der Waals surface area (Å²) in [6.45, 7) is 0.386. The Bertz CT molecular complexity index is 872. The number of hydrogen-bond acceptors (Lipinski definition) is 6. The van der Waals surface area contributed by atoms with Gasteiger partial charge in [0.2, 0.25) is 5.95 Å². The van der Waals surface area contributed by atoms with E-state index >= 15 is 0 Å². The summed E-state index contributed by atoms with van der Waals surface area (Å²) >= 11 is 0. The number of aromatic nitrogens is 4. The molecular weight excluding hydrogens is 323 g/mol. The Hall–Kier alpha value is -2.88. The first-order chi connectivity index (χ1) is 11.4. The molecule has 2 heterocycles. The Morgan fingerprint density at radius 1 is 1.25 bits per heavy atom. The van der Waals surface area contributed by atoms with Gasteiger partial charge in [-0.3, -0.25) is 0 Å². The van der Waals surface area contributed by atoms with Crippen LogP contribution in [0.2, 0.25) is 0 Å². The fourth-order valence-corrected chi connectivity index (χ4v) is 2.21. The predicted octanol–water partition coefficient (Wildman–Crippen LogP) is 1.97. The molecule has 0 spiro atoms. The van der Waals surface area contributed by atoms with Gasteiger partial charge in [0, 0.05) is 12.1 Å². The third-order valence-corrected chi connectivity index (χ3v) is 3.31. The molecule has 0 aliphatic heterocycles. The first-order valence-corrected chi connectivity index (χ1v) is 7.03. The van der Waals surface area contributed by atoms with Gasteiger partial charge in [-0.05, 0) is 24.7 Å². The topological polar surface area (TPSA) is 107 Å². The van der Waals surface area contributed by atoms with Crippen molar-refractivity contribution in [2.75, 3.05) is 17.6 Å². The third-order valence-electron chi connectivity index (χ3n) is 3.31. The minimum Gasteiger partial charge on any atom is -0.381 e. The van der Waals surface area contributed by atoms with Gasteiger partial charge < -0.3 is 16.8 Å². The molecule has 0 amide bonds. The van der Waals surface area contributed by atoms with Crippen molar-refractivity contribution in [2.45, 2.75) is 12.6 Å². The van der Waals surface area contributed by atoms with Crippen molar-refractivity contribution in [2.24, 2.45) is 5.73 Å². The van der Waals surface area contributed by atoms with E-state index in [1.54, 1.807) is 0 Å². The molecule has 0 aliphatic rings. The van der Waals surface area contributed by atoms with Crippen LogP contribution in [0.3, 0.4) is 0 Å². The van der Waals surface area contributed by atoms with Gasteiger partial charge in [0.15, 0.2) is 11.5 Å². The van der Waals surface area contributed by atoms with Gasteiger partial charge in [-0.25, -0.2) is 9.50 Å². The summed E-state index contributed by atoms with van der Waals surface area (Å²) in [5.74, 6) is 0.285. The van der Waals surface area contributed by atoms with E-state index in [4.69, 9.17) is 11.5 Å². The number of nitrogen functional groups attached to an aromatic ring is 1. The number of benzene rings is 1. The van der Waals surface area contributed by atoms with Crippen LogP contribution in [-0.4, -0.2) is 26.1 Å². The van der Waals surface area contributed by atoms with Crippen molar-refractivity contribution in [1.29, 1.82) is 0 Å². The van der Waals surface area contributed by atoms with Crippen LogP contribution in [0, 0.1) is 0 Å². The van der Waals surface area contributed by atoms with Crippen LogP contribution in [-0.2, 0) is 12.6 Å². The van der Waals surface area contributed by atoms with Crippen molar-refractivity contribution in [3.63, 3.8) is 0 Å². The zero-order chi connectivity index (χ0) is 17.3. The second-order valence-corrected chi connectivity index (χ2v) is 5.05. The monoisotopic (exact) mass is 337 g/mol. The molecule has 0 saturated carbocycles. The van der Waals surface area contributed by atoms with Crippen LogP contribution < -0.4 is 16.8 Å². The highest BCUT2D eigenvalue weighted by atomic mass is 19.4. The second-order valence-electron chi connectivity index (χ2n) is 5.05. The molecule has 2 aromatic heterocycles. The number of anilines is 3. The van der Waals surface area contributed by atoms with E-state index in [0.29, 0.717) is 24.3 Å². The maximum absolute atomic E-state index is 12.8. The molecule has 0 radical (unpaired) electrons. The van der Waals surface area contributed by atoms with Crippen LogP contribution in [0.1, 0.15) is 11.3 Å². The quantitative estimate of drug-likeness (QED) is 0.672. The van der Waals surface area contributed by atoms with Crippen LogP contribution in [0.25, 0.3) is 5.65 Å². The Labute approximate surface area is 134 Å². The molecule has 0 fully saturated rings. The van der Waals surface area contributed by atoms with Crippen molar-refractivity contribution in [3.05, 3.63) is 41.7 Å². The minimum atomic E-state index is -4.42. The Kier molecular flexibility index (Phi) is 3.97. The number of rotatable bonds is 4. The van der Waals surface area contributed by atoms with E-state index < -0.39 is 11.7 Å². The smallest absolute Gasteiger partial charge is 0.381 e. The highest BCUT2D eigenvalue weighted by molar-refractivity contribution is 5.64. The summed E-state index contributed by atoms with van der Waals surface area (Å²) in [5, 5.41) is 6.96. The molecule has 0 aliphatic carbocycles. The first kappa shape index (κ1) is 16.0. The molecule has 24 heavy (non-hydrogen) atoms. The van der Waals surface area contributed by atoms with Gasteiger partial charge in [-0.2, -0.15) is 18.2 Å². The molecule has 0 bridgehead atoms. The zero-order valence-electron chi connectivity index (χ0n) is 12.4. The number of nitrogens with one attached hydrogen (secondary N) is 1. The minimum absolute atomic E-state index is 0.118. The maximum Gasteiger partial charge on any atom is 0.416 e. The molecule has 10 heteroatoms. The van der Waals surface area contributed by atoms with Gasteiger partial charge in [0.05, 0.1) is 17.5 Å². The molecule has 5 N–H and O–H groups in total. The van der Waals surface area contributed by atoms with E-state index in [0.717, 1.165) is 12.1 Å². The molecule has 7 nitrogen and oxygen atoms in total. The molecule has 3 aromatic rings. The van der Waals surface area contributed by atoms with Gasteiger partial charge in [0.25, 0.3) is 0 Å². The number of hydrogen-bond donors (Lipinski definition) is 3. The lowest BCUT2D eigenvalue weighted by molar-refractivity contribution is -0.137. The second kappa shape index (κ2) is 5.96. The lowest BCUT2D eigenvalue weighted by Crippen LogP contribution is -2.10. The summed E-state index contributed by atoms with van der Waals surface area (Å²) in [6.07, 6.45) is -2.37. The molecule has 0 unspecified atom stereocenters. The summed E-state index contributed by atoms with van der Waals surface area (Å²) in [7, 11) is 0. The summed E-state index contributed by atoms with van der Waals surface area (Å²) < 4.78 is 39.8. The number of nitrogens with zero attached hydrogens (tertiary/aromatic N) is 4. The molecule has 3 rings (SSSR count). The Morgan fingerprint density at radius 3 is 2.75 bits per heavy atom. The van der Waals surface area contributed by atoms with Gasteiger partial charge in [-0.1, -0.05) is 6.07 Å².